The lowest BCUT2D eigenvalue weighted by molar-refractivity contribution is 0.0492. The fourth-order valence-electron chi connectivity index (χ4n) is 2.88. The molecule has 0 aliphatic rings. The monoisotopic (exact) mass is 454 g/mol. The zero-order chi connectivity index (χ0) is 22.3. The number of carbonyl (C=O) groups is 1. The number of esters is 1. The third kappa shape index (κ3) is 6.15. The normalized spacial score (nSPS) is 12.0. The summed E-state index contributed by atoms with van der Waals surface area (Å²) < 4.78 is 33.6. The van der Waals surface area contributed by atoms with E-state index in [-0.39, 0.29) is 17.9 Å². The predicted octanol–water partition coefficient (Wildman–Crippen LogP) is 4.48. The van der Waals surface area contributed by atoms with Gasteiger partial charge in [0.05, 0.1) is 34.7 Å². The molecule has 0 amide bonds. The largest absolute Gasteiger partial charge is 0.462 e. The number of nitrogens with zero attached hydrogens (tertiary/aromatic N) is 1. The van der Waals surface area contributed by atoms with E-state index < -0.39 is 22.0 Å². The van der Waals surface area contributed by atoms with Gasteiger partial charge in [-0.05, 0) is 54.1 Å². The highest BCUT2D eigenvalue weighted by Crippen LogP contribution is 2.22. The molecule has 0 aliphatic carbocycles. The van der Waals surface area contributed by atoms with Gasteiger partial charge < -0.3 is 4.74 Å². The molecule has 0 unspecified atom stereocenters. The van der Waals surface area contributed by atoms with Gasteiger partial charge in [0.1, 0.15) is 0 Å². The first-order valence-corrected chi connectivity index (χ1v) is 11.3. The Hall–Kier alpha value is -3.18. The Morgan fingerprint density at radius 1 is 1.00 bits per heavy atom. The van der Waals surface area contributed by atoms with Crippen molar-refractivity contribution in [2.24, 2.45) is 0 Å². The molecule has 0 fully saturated rings. The van der Waals surface area contributed by atoms with Crippen LogP contribution in [0.1, 0.15) is 33.9 Å². The summed E-state index contributed by atoms with van der Waals surface area (Å²) in [6.07, 6.45) is 0.235. The maximum atomic E-state index is 12.8. The third-order valence-corrected chi connectivity index (χ3v) is 6.25. The van der Waals surface area contributed by atoms with E-state index in [0.717, 1.165) is 5.56 Å². The molecular weight excluding hydrogens is 436 g/mol. The van der Waals surface area contributed by atoms with Gasteiger partial charge in [0, 0.05) is 11.4 Å². The average molecular weight is 455 g/mol. The second-order valence-corrected chi connectivity index (χ2v) is 8.80. The van der Waals surface area contributed by atoms with Crippen molar-refractivity contribution in [3.05, 3.63) is 101 Å². The molecular formula is C23H19ClN2O4S. The fraction of sp³-hybridized carbons (Fsp3) is 0.130. The quantitative estimate of drug-likeness (QED) is 0.506. The number of benzene rings is 3. The summed E-state index contributed by atoms with van der Waals surface area (Å²) in [5.41, 5.74) is 1.50. The minimum absolute atomic E-state index is 0.00152. The molecule has 0 aromatic heterocycles. The zero-order valence-corrected chi connectivity index (χ0v) is 17.9. The van der Waals surface area contributed by atoms with E-state index in [1.54, 1.807) is 12.1 Å². The summed E-state index contributed by atoms with van der Waals surface area (Å²) in [5.74, 6) is -0.545. The molecule has 1 N–H and O–H groups in total. The van der Waals surface area contributed by atoms with Gasteiger partial charge in [-0.1, -0.05) is 41.9 Å². The number of hydrogen-bond donors (Lipinski definition) is 1. The lowest BCUT2D eigenvalue weighted by Crippen LogP contribution is -2.29. The first kappa shape index (κ1) is 22.5. The van der Waals surface area contributed by atoms with Gasteiger partial charge in [-0.15, -0.1) is 0 Å². The van der Waals surface area contributed by atoms with E-state index in [4.69, 9.17) is 21.6 Å². The first-order valence-electron chi connectivity index (χ1n) is 9.39. The molecule has 0 heterocycles. The number of carbonyl (C=O) groups excluding carboxylic acids is 1. The smallest absolute Gasteiger partial charge is 0.338 e. The highest BCUT2D eigenvalue weighted by atomic mass is 35.5. The van der Waals surface area contributed by atoms with Crippen LogP contribution in [-0.4, -0.2) is 21.0 Å². The van der Waals surface area contributed by atoms with Crippen molar-refractivity contribution in [2.45, 2.75) is 17.4 Å². The number of hydrogen-bond acceptors (Lipinski definition) is 5. The van der Waals surface area contributed by atoms with Crippen LogP contribution in [0.4, 0.5) is 0 Å². The zero-order valence-electron chi connectivity index (χ0n) is 16.4. The molecule has 6 nitrogen and oxygen atoms in total. The lowest BCUT2D eigenvalue weighted by Gasteiger charge is -2.19. The number of nitriles is 1. The molecule has 0 spiro atoms. The summed E-state index contributed by atoms with van der Waals surface area (Å²) >= 11 is 5.85. The topological polar surface area (TPSA) is 96.3 Å². The Bertz CT molecular complexity index is 1170. The Morgan fingerprint density at radius 3 is 2.26 bits per heavy atom. The number of ether oxygens (including phenoxy) is 1. The summed E-state index contributed by atoms with van der Waals surface area (Å²) in [6, 6.07) is 22.4. The fourth-order valence-corrected chi connectivity index (χ4v) is 4.27. The van der Waals surface area contributed by atoms with E-state index in [2.05, 4.69) is 4.72 Å². The molecule has 0 saturated carbocycles. The van der Waals surface area contributed by atoms with Crippen LogP contribution in [0.25, 0.3) is 0 Å². The van der Waals surface area contributed by atoms with Crippen LogP contribution in [0.5, 0.6) is 0 Å². The average Bonchev–Trinajstić information content (AvgIpc) is 2.79. The van der Waals surface area contributed by atoms with Crippen LogP contribution in [0.2, 0.25) is 5.02 Å². The van der Waals surface area contributed by atoms with Crippen LogP contribution in [0.3, 0.4) is 0 Å². The molecule has 158 valence electrons. The van der Waals surface area contributed by atoms with Crippen molar-refractivity contribution in [3.63, 3.8) is 0 Å². The van der Waals surface area contributed by atoms with Gasteiger partial charge in [0.2, 0.25) is 10.0 Å². The SMILES string of the molecule is N#Cc1ccc(C(=O)OCC[C@@H](NS(=O)(=O)c2ccc(Cl)cc2)c2ccccc2)cc1. The first-order chi connectivity index (χ1) is 14.9. The Labute approximate surface area is 186 Å². The van der Waals surface area contributed by atoms with Gasteiger partial charge in [-0.3, -0.25) is 0 Å². The van der Waals surface area contributed by atoms with Crippen LogP contribution < -0.4 is 4.72 Å². The van der Waals surface area contributed by atoms with Crippen molar-refractivity contribution in [2.75, 3.05) is 6.61 Å². The number of sulfonamides is 1. The molecule has 0 radical (unpaired) electrons. The second-order valence-electron chi connectivity index (χ2n) is 6.65. The lowest BCUT2D eigenvalue weighted by atomic mass is 10.1. The van der Waals surface area contributed by atoms with Crippen molar-refractivity contribution in [1.82, 2.24) is 4.72 Å². The van der Waals surface area contributed by atoms with E-state index in [1.807, 2.05) is 24.3 Å². The molecule has 3 aromatic carbocycles. The molecule has 8 heteroatoms. The summed E-state index contributed by atoms with van der Waals surface area (Å²) in [4.78, 5) is 12.3. The molecule has 0 saturated heterocycles. The molecule has 3 aromatic rings. The van der Waals surface area contributed by atoms with E-state index in [0.29, 0.717) is 16.1 Å². The second kappa shape index (κ2) is 10.2. The highest BCUT2D eigenvalue weighted by molar-refractivity contribution is 7.89. The molecule has 31 heavy (non-hydrogen) atoms. The predicted molar refractivity (Wildman–Crippen MR) is 117 cm³/mol. The van der Waals surface area contributed by atoms with Gasteiger partial charge >= 0.3 is 5.97 Å². The van der Waals surface area contributed by atoms with E-state index in [9.17, 15) is 13.2 Å². The Kier molecular flexibility index (Phi) is 7.42. The standard InChI is InChI=1S/C23H19ClN2O4S/c24-20-10-12-21(13-11-20)31(28,29)26-22(18-4-2-1-3-5-18)14-15-30-23(27)19-8-6-17(16-25)7-9-19/h1-13,22,26H,14-15H2/t22-/m1/s1. The van der Waals surface area contributed by atoms with Crippen molar-refractivity contribution < 1.29 is 17.9 Å². The van der Waals surface area contributed by atoms with Gasteiger partial charge in [-0.25, -0.2) is 17.9 Å². The van der Waals surface area contributed by atoms with E-state index in [1.165, 1.54) is 48.5 Å². The summed E-state index contributed by atoms with van der Waals surface area (Å²) in [7, 11) is -3.81. The minimum atomic E-state index is -3.81. The number of halogens is 1. The molecule has 1 atom stereocenters. The van der Waals surface area contributed by atoms with Crippen LogP contribution >= 0.6 is 11.6 Å². The molecule has 0 aliphatic heterocycles. The van der Waals surface area contributed by atoms with Gasteiger partial charge in [0.25, 0.3) is 0 Å². The van der Waals surface area contributed by atoms with Crippen molar-refractivity contribution >= 4 is 27.6 Å². The van der Waals surface area contributed by atoms with Gasteiger partial charge in [0.15, 0.2) is 0 Å². The van der Waals surface area contributed by atoms with Crippen LogP contribution in [-0.2, 0) is 14.8 Å². The number of rotatable bonds is 8. The molecule has 0 bridgehead atoms. The maximum Gasteiger partial charge on any atom is 0.338 e. The Balaban J connectivity index is 1.70. The van der Waals surface area contributed by atoms with E-state index >= 15 is 0 Å². The maximum absolute atomic E-state index is 12.8. The third-order valence-electron chi connectivity index (χ3n) is 4.51. The van der Waals surface area contributed by atoms with Crippen LogP contribution in [0, 0.1) is 11.3 Å². The highest BCUT2D eigenvalue weighted by Gasteiger charge is 2.22. The van der Waals surface area contributed by atoms with Gasteiger partial charge in [-0.2, -0.15) is 5.26 Å². The van der Waals surface area contributed by atoms with Crippen molar-refractivity contribution in [3.8, 4) is 6.07 Å². The Morgan fingerprint density at radius 2 is 1.65 bits per heavy atom. The summed E-state index contributed by atoms with van der Waals surface area (Å²) in [5, 5.41) is 9.28. The van der Waals surface area contributed by atoms with Crippen LogP contribution in [0.15, 0.2) is 83.8 Å². The summed E-state index contributed by atoms with van der Waals surface area (Å²) in [6.45, 7) is 0.00152. The van der Waals surface area contributed by atoms with Crippen molar-refractivity contribution in [1.29, 1.82) is 5.26 Å². The minimum Gasteiger partial charge on any atom is -0.462 e. The number of nitrogens with one attached hydrogen (secondary N) is 1. The molecule has 3 rings (SSSR count).